The molecule has 0 saturated carbocycles. The number of likely N-dealkylation sites (tertiary alicyclic amines) is 1. The van der Waals surface area contributed by atoms with E-state index in [2.05, 4.69) is 10.3 Å². The minimum atomic E-state index is -0.828. The lowest BCUT2D eigenvalue weighted by Crippen LogP contribution is -2.46. The van der Waals surface area contributed by atoms with E-state index in [4.69, 9.17) is 0 Å². The molecule has 2 amide bonds. The van der Waals surface area contributed by atoms with Crippen LogP contribution in [0.3, 0.4) is 0 Å². The smallest absolute Gasteiger partial charge is 0.321 e. The summed E-state index contributed by atoms with van der Waals surface area (Å²) in [5.74, 6) is -1.15. The van der Waals surface area contributed by atoms with E-state index in [1.54, 1.807) is 17.0 Å². The maximum absolute atomic E-state index is 13.6. The molecule has 1 saturated heterocycles. The third-order valence-electron chi connectivity index (χ3n) is 6.16. The molecule has 0 aromatic heterocycles. The lowest BCUT2D eigenvalue weighted by Gasteiger charge is -2.38. The minimum absolute atomic E-state index is 0.0267. The van der Waals surface area contributed by atoms with Crippen LogP contribution in [-0.4, -0.2) is 47.4 Å². The number of carboxylic acid groups (broad SMARTS) is 1. The summed E-state index contributed by atoms with van der Waals surface area (Å²) in [6, 6.07) is 13.8. The molecule has 0 bridgehead atoms. The number of nitrogens with one attached hydrogen (secondary N) is 1. The van der Waals surface area contributed by atoms with Crippen LogP contribution in [0.4, 0.5) is 14.9 Å². The van der Waals surface area contributed by atoms with Crippen LogP contribution in [0.2, 0.25) is 0 Å². The summed E-state index contributed by atoms with van der Waals surface area (Å²) >= 11 is 0. The van der Waals surface area contributed by atoms with Crippen LogP contribution >= 0.6 is 0 Å². The minimum Gasteiger partial charge on any atom is -0.481 e. The summed E-state index contributed by atoms with van der Waals surface area (Å²) in [7, 11) is 0. The largest absolute Gasteiger partial charge is 0.481 e. The number of anilines is 1. The molecule has 2 aromatic rings. The Hall–Kier alpha value is -3.22. The van der Waals surface area contributed by atoms with Gasteiger partial charge in [0.15, 0.2) is 0 Å². The summed E-state index contributed by atoms with van der Waals surface area (Å²) < 4.78 is 13.6. The van der Waals surface area contributed by atoms with Gasteiger partial charge in [-0.15, -0.1) is 0 Å². The molecule has 0 aliphatic carbocycles. The molecule has 1 fully saturated rings. The first-order chi connectivity index (χ1) is 15.0. The number of benzene rings is 2. The highest BCUT2D eigenvalue weighted by Gasteiger charge is 2.34. The quantitative estimate of drug-likeness (QED) is 0.756. The number of hydrogen-bond donors (Lipinski definition) is 2. The third kappa shape index (κ3) is 5.10. The Morgan fingerprint density at radius 3 is 2.74 bits per heavy atom. The predicted molar refractivity (Wildman–Crippen MR) is 117 cm³/mol. The lowest BCUT2D eigenvalue weighted by atomic mass is 9.78. The first kappa shape index (κ1) is 21.0. The first-order valence-electron chi connectivity index (χ1n) is 10.6. The fourth-order valence-corrected chi connectivity index (χ4v) is 4.58. The van der Waals surface area contributed by atoms with Crippen molar-refractivity contribution in [2.24, 2.45) is 16.8 Å². The number of urea groups is 1. The van der Waals surface area contributed by atoms with Gasteiger partial charge in [-0.05, 0) is 72.6 Å². The number of aliphatic imine (C=N–C) groups is 1. The van der Waals surface area contributed by atoms with Crippen LogP contribution < -0.4 is 5.32 Å². The van der Waals surface area contributed by atoms with Crippen molar-refractivity contribution in [3.8, 4) is 0 Å². The molecule has 6 nitrogen and oxygen atoms in total. The van der Waals surface area contributed by atoms with Crippen molar-refractivity contribution in [1.29, 1.82) is 0 Å². The zero-order valence-corrected chi connectivity index (χ0v) is 17.3. The third-order valence-corrected chi connectivity index (χ3v) is 6.16. The molecule has 2 aliphatic rings. The normalized spacial score (nSPS) is 20.5. The van der Waals surface area contributed by atoms with Gasteiger partial charge in [-0.25, -0.2) is 9.18 Å². The number of fused-ring (bicyclic) bond motifs is 1. The Morgan fingerprint density at radius 1 is 1.16 bits per heavy atom. The molecule has 2 heterocycles. The second-order valence-electron chi connectivity index (χ2n) is 8.23. The van der Waals surface area contributed by atoms with Crippen molar-refractivity contribution < 1.29 is 19.1 Å². The average molecular weight is 423 g/mol. The van der Waals surface area contributed by atoms with Gasteiger partial charge in [0, 0.05) is 37.5 Å². The number of para-hydroxylation sites is 1. The monoisotopic (exact) mass is 423 g/mol. The zero-order valence-electron chi connectivity index (χ0n) is 17.3. The second-order valence-corrected chi connectivity index (χ2v) is 8.23. The molecule has 2 aliphatic heterocycles. The molecule has 0 unspecified atom stereocenters. The number of nitrogens with zero attached hydrogens (tertiary/aromatic N) is 2. The van der Waals surface area contributed by atoms with E-state index < -0.39 is 5.97 Å². The molecule has 7 heteroatoms. The van der Waals surface area contributed by atoms with E-state index in [1.807, 2.05) is 30.3 Å². The van der Waals surface area contributed by atoms with Crippen LogP contribution in [0.15, 0.2) is 53.5 Å². The average Bonchev–Trinajstić information content (AvgIpc) is 2.75. The molecular weight excluding hydrogens is 397 g/mol. The van der Waals surface area contributed by atoms with Crippen molar-refractivity contribution in [3.63, 3.8) is 0 Å². The Bertz CT molecular complexity index is 993. The summed E-state index contributed by atoms with van der Waals surface area (Å²) in [5, 5.41) is 12.3. The Morgan fingerprint density at radius 2 is 1.97 bits per heavy atom. The highest BCUT2D eigenvalue weighted by Crippen LogP contribution is 2.32. The van der Waals surface area contributed by atoms with Gasteiger partial charge in [0.2, 0.25) is 0 Å². The lowest BCUT2D eigenvalue weighted by molar-refractivity contribution is -0.138. The number of aliphatic carboxylic acids is 1. The van der Waals surface area contributed by atoms with E-state index >= 15 is 0 Å². The summed E-state index contributed by atoms with van der Waals surface area (Å²) in [6.45, 7) is 1.58. The number of halogens is 1. The van der Waals surface area contributed by atoms with E-state index in [0.717, 1.165) is 22.5 Å². The number of piperidine rings is 1. The van der Waals surface area contributed by atoms with Gasteiger partial charge in [0.25, 0.3) is 0 Å². The number of rotatable bonds is 5. The Balaban J connectivity index is 1.50. The molecule has 162 valence electrons. The fraction of sp³-hybridized carbons (Fsp3) is 0.375. The molecule has 2 atom stereocenters. The van der Waals surface area contributed by atoms with Crippen molar-refractivity contribution in [1.82, 2.24) is 4.90 Å². The molecule has 2 N–H and O–H groups in total. The number of carboxylic acids is 1. The van der Waals surface area contributed by atoms with Crippen LogP contribution in [0.5, 0.6) is 0 Å². The molecule has 4 rings (SSSR count). The summed E-state index contributed by atoms with van der Waals surface area (Å²) in [4.78, 5) is 30.7. The fourth-order valence-electron chi connectivity index (χ4n) is 4.58. The number of carbonyl (C=O) groups excluding carboxylic acids is 1. The van der Waals surface area contributed by atoms with E-state index in [0.29, 0.717) is 38.9 Å². The van der Waals surface area contributed by atoms with Crippen molar-refractivity contribution >= 4 is 23.4 Å². The molecule has 0 spiro atoms. The highest BCUT2D eigenvalue weighted by molar-refractivity contribution is 6.02. The van der Waals surface area contributed by atoms with Gasteiger partial charge in [-0.2, -0.15) is 0 Å². The first-order valence-corrected chi connectivity index (χ1v) is 10.6. The van der Waals surface area contributed by atoms with E-state index in [-0.39, 0.29) is 30.1 Å². The van der Waals surface area contributed by atoms with Gasteiger partial charge < -0.3 is 15.3 Å². The molecule has 2 aromatic carbocycles. The van der Waals surface area contributed by atoms with Crippen molar-refractivity contribution in [3.05, 3.63) is 65.5 Å². The molecule has 0 radical (unpaired) electrons. The standard InChI is InChI=1S/C24H26FN3O3/c25-19-6-7-21-17(12-19)8-10-26-22(21)13-18-15-28(11-9-16(18)14-23(29)30)24(31)27-20-4-2-1-3-5-20/h1-7,12,16,18H,8-11,13-15H2,(H,27,31)(H,29,30)/t16-,18-/m0/s1. The van der Waals surface area contributed by atoms with Crippen LogP contribution in [0, 0.1) is 17.7 Å². The van der Waals surface area contributed by atoms with Gasteiger partial charge >= 0.3 is 12.0 Å². The van der Waals surface area contributed by atoms with Gasteiger partial charge in [-0.3, -0.25) is 9.79 Å². The maximum atomic E-state index is 13.6. The number of carbonyl (C=O) groups is 2. The van der Waals surface area contributed by atoms with E-state index in [9.17, 15) is 19.1 Å². The van der Waals surface area contributed by atoms with Crippen molar-refractivity contribution in [2.75, 3.05) is 25.0 Å². The topological polar surface area (TPSA) is 82.0 Å². The molecule has 31 heavy (non-hydrogen) atoms. The van der Waals surface area contributed by atoms with Crippen LogP contribution in [0.1, 0.15) is 30.4 Å². The van der Waals surface area contributed by atoms with Crippen molar-refractivity contribution in [2.45, 2.75) is 25.7 Å². The van der Waals surface area contributed by atoms with Gasteiger partial charge in [0.1, 0.15) is 5.82 Å². The summed E-state index contributed by atoms with van der Waals surface area (Å²) in [5.41, 5.74) is 3.48. The van der Waals surface area contributed by atoms with Gasteiger partial charge in [0.05, 0.1) is 0 Å². The summed E-state index contributed by atoms with van der Waals surface area (Å²) in [6.07, 6.45) is 1.97. The highest BCUT2D eigenvalue weighted by atomic mass is 19.1. The zero-order chi connectivity index (χ0) is 21.8. The number of amides is 2. The molecular formula is C24H26FN3O3. The van der Waals surface area contributed by atoms with Gasteiger partial charge in [-0.1, -0.05) is 18.2 Å². The Kier molecular flexibility index (Phi) is 6.30. The Labute approximate surface area is 180 Å². The SMILES string of the molecule is O=C(O)C[C@@H]1CCN(C(=O)Nc2ccccc2)C[C@@H]1CC1=NCCc2cc(F)ccc21. The van der Waals surface area contributed by atoms with Crippen LogP contribution in [-0.2, 0) is 11.2 Å². The predicted octanol–water partition coefficient (Wildman–Crippen LogP) is 4.21. The number of hydrogen-bond acceptors (Lipinski definition) is 3. The van der Waals surface area contributed by atoms with E-state index in [1.165, 1.54) is 6.07 Å². The second kappa shape index (κ2) is 9.29. The van der Waals surface area contributed by atoms with Crippen LogP contribution in [0.25, 0.3) is 0 Å². The maximum Gasteiger partial charge on any atom is 0.321 e.